The number of alkyl halides is 3. The van der Waals surface area contributed by atoms with E-state index >= 15 is 0 Å². The lowest BCUT2D eigenvalue weighted by Gasteiger charge is -2.23. The lowest BCUT2D eigenvalue weighted by atomic mass is 10.1. The molecule has 78 heavy (non-hydrogen) atoms. The van der Waals surface area contributed by atoms with Gasteiger partial charge in [0.25, 0.3) is 5.56 Å². The van der Waals surface area contributed by atoms with Crippen molar-refractivity contribution in [1.29, 1.82) is 0 Å². The third-order valence-electron chi connectivity index (χ3n) is 11.7. The van der Waals surface area contributed by atoms with Crippen LogP contribution >= 0.6 is 54.8 Å². The van der Waals surface area contributed by atoms with E-state index in [1.54, 1.807) is 60.7 Å². The Hall–Kier alpha value is -3.72. The average Bonchev–Trinajstić information content (AvgIpc) is 4.38. The van der Waals surface area contributed by atoms with Gasteiger partial charge in [-0.15, -0.1) is 0 Å². The van der Waals surface area contributed by atoms with Crippen molar-refractivity contribution < 1.29 is 101 Å². The second-order valence-corrected chi connectivity index (χ2v) is 25.6. The number of halogens is 3. The zero-order chi connectivity index (χ0) is 55.6. The molecule has 0 bridgehead atoms. The Kier molecular flexibility index (Phi) is 18.4. The molecule has 28 nitrogen and oxygen atoms in total. The molecular weight excluding hydrogens is 1170 g/mol. The maximum absolute atomic E-state index is 13.2. The van der Waals surface area contributed by atoms with Crippen LogP contribution in [0, 0.1) is 0 Å². The van der Waals surface area contributed by atoms with Crippen molar-refractivity contribution in [1.82, 2.24) is 29.1 Å². The largest absolute Gasteiger partial charge is 0.490 e. The molecule has 5 aromatic rings. The van der Waals surface area contributed by atoms with Crippen molar-refractivity contribution in [3.8, 4) is 0 Å². The van der Waals surface area contributed by atoms with Crippen LogP contribution < -0.4 is 16.6 Å². The van der Waals surface area contributed by atoms with E-state index < -0.39 is 136 Å². The number of rotatable bonds is 25. The quantitative estimate of drug-likeness (QED) is 0.0190. The summed E-state index contributed by atoms with van der Waals surface area (Å²) >= 11 is 2.27. The van der Waals surface area contributed by atoms with Gasteiger partial charge in [0.2, 0.25) is 0 Å². The monoisotopic (exact) mass is 1220 g/mol. The molecule has 4 aliphatic heterocycles. The normalized spacial score (nSPS) is 28.2. The van der Waals surface area contributed by atoms with Crippen molar-refractivity contribution in [3.63, 3.8) is 0 Å². The van der Waals surface area contributed by atoms with Crippen LogP contribution in [-0.2, 0) is 81.5 Å². The minimum atomic E-state index is -6.29. The maximum atomic E-state index is 13.2. The third kappa shape index (κ3) is 15.0. The first-order chi connectivity index (χ1) is 36.9. The maximum Gasteiger partial charge on any atom is 0.490 e. The lowest BCUT2D eigenvalue weighted by Crippen LogP contribution is -2.36. The molecule has 2 aromatic carbocycles. The van der Waals surface area contributed by atoms with Gasteiger partial charge in [0.1, 0.15) is 36.6 Å². The number of hydrogen-bond acceptors (Lipinski definition) is 23. The number of thioether (sulfide) groups is 2. The number of aromatic nitrogens is 6. The van der Waals surface area contributed by atoms with E-state index in [1.165, 1.54) is 22.7 Å². The summed E-state index contributed by atoms with van der Waals surface area (Å²) in [7, 11) is -24.3. The number of ether oxygens (including phenoxy) is 6. The van der Waals surface area contributed by atoms with E-state index in [0.29, 0.717) is 12.3 Å². The number of hydrogen-bond donors (Lipinski definition) is 6. The molecule has 4 fully saturated rings. The molecule has 0 saturated carbocycles. The van der Waals surface area contributed by atoms with Gasteiger partial charge in [0.05, 0.1) is 26.0 Å². The standard InChI is InChI=1S/C41H48F3N7O21P4S2/c1-77-17-14-45-35-30-36(49-39(48-35)78-16-13-41(42,43)44)51(22-46-30)38-34-32(67-29(69-34)19-24-10-6-3-7-11-24)26(65-38)21-63-74(56,57)71-76(60,61)72-75(58,59)70-73(54,55)62-20-25-31-33(37(64-25)50-15-12-27(52)47-40(50)53)68-28(66-31)18-23-8-4-2-5-9-23/h2-12,15,22,25-26,28-29,31-34,37-38H,13-14,16-21H2,1H3,(H,54,55)(H,56,57)(H,58,59)(H,60,61)(H,45,48,49)(H,47,52,53)/t25-,26-,28?,29?,31-,32-,33-,34-,37?,38?/m1/s1. The summed E-state index contributed by atoms with van der Waals surface area (Å²) in [6.07, 6.45) is -12.5. The van der Waals surface area contributed by atoms with E-state index in [4.69, 9.17) is 37.5 Å². The fraction of sp³-hybridized carbons (Fsp3) is 0.488. The minimum Gasteiger partial charge on any atom is -0.367 e. The second kappa shape index (κ2) is 24.4. The van der Waals surface area contributed by atoms with Gasteiger partial charge in [-0.1, -0.05) is 72.4 Å². The summed E-state index contributed by atoms with van der Waals surface area (Å²) in [5.74, 6) is 0.439. The summed E-state index contributed by atoms with van der Waals surface area (Å²) in [6.45, 7) is -1.57. The average molecular weight is 1220 g/mol. The fourth-order valence-electron chi connectivity index (χ4n) is 8.55. The van der Waals surface area contributed by atoms with Gasteiger partial charge < -0.3 is 53.3 Å². The van der Waals surface area contributed by atoms with E-state index in [2.05, 4.69) is 38.2 Å². The molecule has 0 aliphatic carbocycles. The summed E-state index contributed by atoms with van der Waals surface area (Å²) in [6, 6.07) is 18.9. The smallest absolute Gasteiger partial charge is 0.367 e. The summed E-state index contributed by atoms with van der Waals surface area (Å²) in [5, 5.41) is 3.09. The van der Waals surface area contributed by atoms with Crippen molar-refractivity contribution in [3.05, 3.63) is 111 Å². The van der Waals surface area contributed by atoms with Crippen LogP contribution in [-0.4, -0.2) is 142 Å². The molecule has 6 N–H and O–H groups in total. The Bertz CT molecular complexity index is 3230. The van der Waals surface area contributed by atoms with Gasteiger partial charge in [-0.2, -0.15) is 37.9 Å². The summed E-state index contributed by atoms with van der Waals surface area (Å²) in [5.41, 5.74) is 0.231. The number of aromatic amines is 1. The number of fused-ring (bicyclic) bond motifs is 3. The zero-order valence-electron chi connectivity index (χ0n) is 40.1. The second-order valence-electron chi connectivity index (χ2n) is 17.3. The molecule has 4 saturated heterocycles. The number of phosphoric acid groups is 4. The molecule has 0 spiro atoms. The highest BCUT2D eigenvalue weighted by Crippen LogP contribution is 2.71. The van der Waals surface area contributed by atoms with Crippen LogP contribution in [0.5, 0.6) is 0 Å². The van der Waals surface area contributed by atoms with Crippen LogP contribution in [0.3, 0.4) is 0 Å². The van der Waals surface area contributed by atoms with Crippen molar-refractivity contribution in [2.45, 2.75) is 92.3 Å². The first-order valence-electron chi connectivity index (χ1n) is 23.2. The number of nitrogens with one attached hydrogen (secondary N) is 2. The summed E-state index contributed by atoms with van der Waals surface area (Å²) < 4.78 is 153. The molecule has 8 unspecified atom stereocenters. The Balaban J connectivity index is 0.852. The first kappa shape index (κ1) is 58.9. The van der Waals surface area contributed by atoms with E-state index in [9.17, 15) is 60.6 Å². The number of imidazole rings is 1. The SMILES string of the molecule is CSCCNc1nc(SCCC(F)(F)F)nc2c1ncn2C1O[C@H](COP(=O)(O)OP(=O)(O)OP(=O)(O)OP(=O)(O)OC[C@H]2OC(n3ccc(=O)[nH]c3=O)[C@@H]3OC(Cc4ccccc4)O[C@H]23)[C@H]2OC(Cc3ccccc3)O[C@@H]12. The Morgan fingerprint density at radius 2 is 1.21 bits per heavy atom. The molecule has 426 valence electrons. The third-order valence-corrected chi connectivity index (χ3v) is 19.1. The Morgan fingerprint density at radius 1 is 0.692 bits per heavy atom. The van der Waals surface area contributed by atoms with E-state index in [-0.39, 0.29) is 35.0 Å². The highest BCUT2D eigenvalue weighted by molar-refractivity contribution is 7.99. The van der Waals surface area contributed by atoms with Crippen LogP contribution in [0.15, 0.2) is 94.0 Å². The molecule has 3 aromatic heterocycles. The molecule has 9 rings (SSSR count). The lowest BCUT2D eigenvalue weighted by molar-refractivity contribution is -0.150. The number of H-pyrrole nitrogens is 1. The Labute approximate surface area is 447 Å². The number of phosphoric ester groups is 2. The number of benzene rings is 2. The van der Waals surface area contributed by atoms with Crippen LogP contribution in [0.1, 0.15) is 30.0 Å². The van der Waals surface area contributed by atoms with Crippen LogP contribution in [0.2, 0.25) is 0 Å². The van der Waals surface area contributed by atoms with Gasteiger partial charge in [-0.3, -0.25) is 28.0 Å². The molecule has 0 radical (unpaired) electrons. The van der Waals surface area contributed by atoms with E-state index in [0.717, 1.165) is 39.7 Å². The highest BCUT2D eigenvalue weighted by atomic mass is 32.2. The van der Waals surface area contributed by atoms with Gasteiger partial charge >= 0.3 is 43.2 Å². The van der Waals surface area contributed by atoms with Crippen molar-refractivity contribution in [2.24, 2.45) is 0 Å². The Morgan fingerprint density at radius 3 is 1.72 bits per heavy atom. The molecule has 37 heteroatoms. The fourth-order valence-corrected chi connectivity index (χ4v) is 14.6. The number of nitrogens with zero attached hydrogens (tertiary/aromatic N) is 5. The molecule has 4 aliphatic rings. The highest BCUT2D eigenvalue weighted by Gasteiger charge is 2.57. The topological polar surface area (TPSA) is 361 Å². The predicted molar refractivity (Wildman–Crippen MR) is 265 cm³/mol. The molecular formula is C41H48F3N7O21P4S2. The van der Waals surface area contributed by atoms with Gasteiger partial charge in [0, 0.05) is 43.2 Å². The zero-order valence-corrected chi connectivity index (χ0v) is 45.4. The van der Waals surface area contributed by atoms with Gasteiger partial charge in [0.15, 0.2) is 47.2 Å². The molecule has 7 heterocycles. The molecule has 0 amide bonds. The minimum absolute atomic E-state index is 0.0288. The molecule has 14 atom stereocenters. The van der Waals surface area contributed by atoms with Crippen molar-refractivity contribution >= 4 is 71.8 Å². The van der Waals surface area contributed by atoms with Crippen LogP contribution in [0.4, 0.5) is 19.0 Å². The van der Waals surface area contributed by atoms with Gasteiger partial charge in [-0.25, -0.2) is 38.0 Å². The van der Waals surface area contributed by atoms with E-state index in [1.807, 2.05) is 6.26 Å². The van der Waals surface area contributed by atoms with Crippen molar-refractivity contribution in [2.75, 3.05) is 42.8 Å². The predicted octanol–water partition coefficient (Wildman–Crippen LogP) is 5.18. The summed E-state index contributed by atoms with van der Waals surface area (Å²) in [4.78, 5) is 81.8. The number of anilines is 1. The first-order valence-corrected chi connectivity index (χ1v) is 31.5. The van der Waals surface area contributed by atoms with Gasteiger partial charge in [-0.05, 0) is 17.4 Å². The van der Waals surface area contributed by atoms with Crippen LogP contribution in [0.25, 0.3) is 11.2 Å².